The van der Waals surface area contributed by atoms with Crippen molar-refractivity contribution in [1.29, 1.82) is 0 Å². The van der Waals surface area contributed by atoms with Gasteiger partial charge in [-0.2, -0.15) is 0 Å². The van der Waals surface area contributed by atoms with E-state index in [2.05, 4.69) is 26.6 Å². The summed E-state index contributed by atoms with van der Waals surface area (Å²) < 4.78 is 5.69. The van der Waals surface area contributed by atoms with Gasteiger partial charge >= 0.3 is 0 Å². The minimum atomic E-state index is -0.0154. The topological polar surface area (TPSA) is 54.5 Å². The lowest BCUT2D eigenvalue weighted by Crippen LogP contribution is -2.34. The van der Waals surface area contributed by atoms with E-state index in [1.807, 2.05) is 56.7 Å². The lowest BCUT2D eigenvalue weighted by atomic mass is 10.2. The number of carbonyl (C=O) groups excluding carboxylic acids is 1. The Morgan fingerprint density at radius 1 is 1.21 bits per heavy atom. The van der Waals surface area contributed by atoms with Crippen LogP contribution in [0.5, 0.6) is 5.75 Å². The Kier molecular flexibility index (Phi) is 7.19. The molecule has 1 aromatic carbocycles. The molecule has 0 aliphatic carbocycles. The fourth-order valence-electron chi connectivity index (χ4n) is 2.89. The molecule has 0 fully saturated rings. The van der Waals surface area contributed by atoms with Gasteiger partial charge in [0.1, 0.15) is 10.8 Å². The minimum Gasteiger partial charge on any atom is -0.493 e. The normalized spacial score (nSPS) is 12.1. The Morgan fingerprint density at radius 2 is 2.04 bits per heavy atom. The van der Waals surface area contributed by atoms with Gasteiger partial charge in [-0.15, -0.1) is 22.7 Å². The number of ether oxygens (including phenoxy) is 1. The first-order valence-corrected chi connectivity index (χ1v) is 11.0. The molecule has 148 valence electrons. The summed E-state index contributed by atoms with van der Waals surface area (Å²) in [5, 5.41) is 7.92. The van der Waals surface area contributed by atoms with Gasteiger partial charge in [-0.05, 0) is 44.6 Å². The van der Waals surface area contributed by atoms with Crippen LogP contribution in [0.4, 0.5) is 0 Å². The predicted octanol–water partition coefficient (Wildman–Crippen LogP) is 4.23. The Morgan fingerprint density at radius 3 is 2.75 bits per heavy atom. The molecular weight excluding hydrogens is 390 g/mol. The van der Waals surface area contributed by atoms with Crippen molar-refractivity contribution in [3.8, 4) is 16.3 Å². The molecule has 3 rings (SSSR count). The zero-order valence-corrected chi connectivity index (χ0v) is 18.0. The number of likely N-dealkylation sites (N-methyl/N-ethyl adjacent to an activating group) is 1. The van der Waals surface area contributed by atoms with Crippen LogP contribution in [0.2, 0.25) is 0 Å². The van der Waals surface area contributed by atoms with Crippen LogP contribution >= 0.6 is 22.7 Å². The maximum atomic E-state index is 12.4. The van der Waals surface area contributed by atoms with E-state index in [0.29, 0.717) is 13.2 Å². The highest BCUT2D eigenvalue weighted by Crippen LogP contribution is 2.32. The molecule has 2 aromatic heterocycles. The van der Waals surface area contributed by atoms with E-state index >= 15 is 0 Å². The summed E-state index contributed by atoms with van der Waals surface area (Å²) in [7, 11) is 4.05. The number of thiazole rings is 1. The summed E-state index contributed by atoms with van der Waals surface area (Å²) in [6, 6.07) is 12.2. The molecule has 0 aliphatic rings. The molecule has 0 saturated carbocycles. The van der Waals surface area contributed by atoms with Crippen molar-refractivity contribution >= 4 is 28.6 Å². The van der Waals surface area contributed by atoms with Crippen LogP contribution in [0.15, 0.2) is 47.2 Å². The Bertz CT molecular complexity index is 891. The van der Waals surface area contributed by atoms with E-state index in [-0.39, 0.29) is 18.4 Å². The van der Waals surface area contributed by atoms with Crippen molar-refractivity contribution in [3.05, 3.63) is 57.7 Å². The molecular formula is C21H25N3O2S2. The molecule has 5 nitrogen and oxygen atoms in total. The van der Waals surface area contributed by atoms with E-state index < -0.39 is 0 Å². The maximum absolute atomic E-state index is 12.4. The van der Waals surface area contributed by atoms with Crippen molar-refractivity contribution in [1.82, 2.24) is 15.2 Å². The van der Waals surface area contributed by atoms with Crippen molar-refractivity contribution < 1.29 is 9.53 Å². The largest absolute Gasteiger partial charge is 0.493 e. The van der Waals surface area contributed by atoms with Gasteiger partial charge in [0.2, 0.25) is 5.91 Å². The third kappa shape index (κ3) is 5.19. The molecule has 0 spiro atoms. The van der Waals surface area contributed by atoms with Crippen molar-refractivity contribution in [2.24, 2.45) is 0 Å². The third-order valence-electron chi connectivity index (χ3n) is 4.30. The fourth-order valence-corrected chi connectivity index (χ4v) is 4.66. The van der Waals surface area contributed by atoms with Gasteiger partial charge in [0.05, 0.1) is 30.3 Å². The van der Waals surface area contributed by atoms with Crippen molar-refractivity contribution in [3.63, 3.8) is 0 Å². The van der Waals surface area contributed by atoms with Crippen LogP contribution in [-0.4, -0.2) is 43.0 Å². The van der Waals surface area contributed by atoms with E-state index in [4.69, 9.17) is 4.74 Å². The predicted molar refractivity (Wildman–Crippen MR) is 116 cm³/mol. The zero-order valence-electron chi connectivity index (χ0n) is 16.3. The molecule has 0 aliphatic heterocycles. The van der Waals surface area contributed by atoms with Gasteiger partial charge in [0.25, 0.3) is 0 Å². The Hall–Kier alpha value is -2.22. The van der Waals surface area contributed by atoms with E-state index in [0.717, 1.165) is 22.0 Å². The number of nitrogens with zero attached hydrogens (tertiary/aromatic N) is 2. The van der Waals surface area contributed by atoms with Crippen LogP contribution in [0.3, 0.4) is 0 Å². The monoisotopic (exact) mass is 415 g/mol. The van der Waals surface area contributed by atoms with Crippen LogP contribution in [-0.2, 0) is 11.2 Å². The number of thiophene rings is 1. The maximum Gasteiger partial charge on any atom is 0.226 e. The first-order chi connectivity index (χ1) is 13.6. The molecule has 2 heterocycles. The SMILES string of the molecule is CCOc1ccccc1-c1nc(CC(=O)NCC(c2cccs2)N(C)C)cs1. The lowest BCUT2D eigenvalue weighted by Gasteiger charge is -2.23. The van der Waals surface area contributed by atoms with Gasteiger partial charge in [-0.3, -0.25) is 4.79 Å². The summed E-state index contributed by atoms with van der Waals surface area (Å²) in [5.41, 5.74) is 1.74. The van der Waals surface area contributed by atoms with E-state index in [1.165, 1.54) is 16.2 Å². The summed E-state index contributed by atoms with van der Waals surface area (Å²) in [4.78, 5) is 20.4. The summed E-state index contributed by atoms with van der Waals surface area (Å²) >= 11 is 3.24. The number of nitrogens with one attached hydrogen (secondary N) is 1. The quantitative estimate of drug-likeness (QED) is 0.568. The number of para-hydroxylation sites is 1. The van der Waals surface area contributed by atoms with Gasteiger partial charge in [0.15, 0.2) is 0 Å². The standard InChI is InChI=1S/C21H25N3O2S2/c1-4-26-18-9-6-5-8-16(18)21-23-15(14-28-21)12-20(25)22-13-17(24(2)3)19-10-7-11-27-19/h5-11,14,17H,4,12-13H2,1-3H3,(H,22,25). The van der Waals surface area contributed by atoms with Gasteiger partial charge in [0, 0.05) is 16.8 Å². The van der Waals surface area contributed by atoms with E-state index in [9.17, 15) is 4.79 Å². The zero-order chi connectivity index (χ0) is 19.9. The third-order valence-corrected chi connectivity index (χ3v) is 6.20. The molecule has 0 radical (unpaired) electrons. The lowest BCUT2D eigenvalue weighted by molar-refractivity contribution is -0.120. The molecule has 1 N–H and O–H groups in total. The molecule has 1 unspecified atom stereocenters. The highest BCUT2D eigenvalue weighted by atomic mass is 32.1. The number of hydrogen-bond acceptors (Lipinski definition) is 6. The summed E-state index contributed by atoms with van der Waals surface area (Å²) in [6.45, 7) is 3.15. The van der Waals surface area contributed by atoms with Gasteiger partial charge < -0.3 is 15.0 Å². The second kappa shape index (κ2) is 9.82. The number of rotatable bonds is 9. The van der Waals surface area contributed by atoms with E-state index in [1.54, 1.807) is 11.3 Å². The molecule has 28 heavy (non-hydrogen) atoms. The molecule has 3 aromatic rings. The van der Waals surface area contributed by atoms with Crippen LogP contribution in [0.25, 0.3) is 10.6 Å². The molecule has 1 amide bonds. The smallest absolute Gasteiger partial charge is 0.226 e. The first kappa shape index (κ1) is 20.5. The average Bonchev–Trinajstić information content (AvgIpc) is 3.35. The average molecular weight is 416 g/mol. The molecule has 0 saturated heterocycles. The second-order valence-electron chi connectivity index (χ2n) is 6.55. The summed E-state index contributed by atoms with van der Waals surface area (Å²) in [5.74, 6) is 0.804. The highest BCUT2D eigenvalue weighted by Gasteiger charge is 2.17. The van der Waals surface area contributed by atoms with Crippen molar-refractivity contribution in [2.45, 2.75) is 19.4 Å². The second-order valence-corrected chi connectivity index (χ2v) is 8.39. The number of benzene rings is 1. The van der Waals surface area contributed by atoms with Gasteiger partial charge in [-0.25, -0.2) is 4.98 Å². The molecule has 7 heteroatoms. The minimum absolute atomic E-state index is 0.0154. The Labute approximate surface area is 174 Å². The summed E-state index contributed by atoms with van der Waals surface area (Å²) in [6.07, 6.45) is 0.276. The van der Waals surface area contributed by atoms with Crippen molar-refractivity contribution in [2.75, 3.05) is 27.2 Å². The van der Waals surface area contributed by atoms with Crippen LogP contribution in [0, 0.1) is 0 Å². The van der Waals surface area contributed by atoms with Gasteiger partial charge in [-0.1, -0.05) is 18.2 Å². The fraction of sp³-hybridized carbons (Fsp3) is 0.333. The number of aromatic nitrogens is 1. The highest BCUT2D eigenvalue weighted by molar-refractivity contribution is 7.13. The Balaban J connectivity index is 1.61. The first-order valence-electron chi connectivity index (χ1n) is 9.21. The van der Waals surface area contributed by atoms with Crippen LogP contribution < -0.4 is 10.1 Å². The number of amides is 1. The molecule has 1 atom stereocenters. The molecule has 0 bridgehead atoms. The number of carbonyl (C=O) groups is 1. The van der Waals surface area contributed by atoms with Crippen LogP contribution in [0.1, 0.15) is 23.5 Å². The number of hydrogen-bond donors (Lipinski definition) is 1.